The zero-order valence-electron chi connectivity index (χ0n) is 8.05. The Labute approximate surface area is 113 Å². The Morgan fingerprint density at radius 3 is 2.41 bits per heavy atom. The zero-order valence-corrected chi connectivity index (χ0v) is 11.8. The highest BCUT2D eigenvalue weighted by Gasteiger charge is 2.33. The fourth-order valence-electron chi connectivity index (χ4n) is 1.05. The van der Waals surface area contributed by atoms with Gasteiger partial charge in [-0.05, 0) is 29.5 Å². The van der Waals surface area contributed by atoms with Crippen LogP contribution in [0.15, 0.2) is 11.1 Å². The molecule has 10 heteroatoms. The Bertz CT molecular complexity index is 546. The van der Waals surface area contributed by atoms with E-state index >= 15 is 0 Å². The summed E-state index contributed by atoms with van der Waals surface area (Å²) in [6.45, 7) is 1.15. The van der Waals surface area contributed by atoms with Crippen molar-refractivity contribution in [1.82, 2.24) is 4.98 Å². The first-order valence-electron chi connectivity index (χ1n) is 3.88. The summed E-state index contributed by atoms with van der Waals surface area (Å²) in [7, 11) is 0.916. The molecule has 0 fully saturated rings. The zero-order chi connectivity index (χ0) is 13.4. The summed E-state index contributed by atoms with van der Waals surface area (Å²) in [5.41, 5.74) is -0.239. The molecule has 0 unspecified atom stereocenters. The van der Waals surface area contributed by atoms with Gasteiger partial charge >= 0.3 is 6.36 Å². The standard InChI is InChI=1S/C7H4ClF3INO3S/c1-3-4(16-7(9,10)11)2-13-6(12)5(3)17(8,14)15/h2H,1H3. The Morgan fingerprint density at radius 1 is 1.47 bits per heavy atom. The van der Waals surface area contributed by atoms with Crippen LogP contribution in [0.25, 0.3) is 0 Å². The second-order valence-corrected chi connectivity index (χ2v) is 6.38. The number of alkyl halides is 3. The van der Waals surface area contributed by atoms with Gasteiger partial charge in [-0.2, -0.15) is 0 Å². The fraction of sp³-hybridized carbons (Fsp3) is 0.286. The molecule has 0 aliphatic heterocycles. The lowest BCUT2D eigenvalue weighted by atomic mass is 10.3. The highest BCUT2D eigenvalue weighted by atomic mass is 127. The molecule has 1 heterocycles. The van der Waals surface area contributed by atoms with Gasteiger partial charge in [0, 0.05) is 16.2 Å². The molecular weight excluding hydrogens is 397 g/mol. The van der Waals surface area contributed by atoms with Gasteiger partial charge in [-0.3, -0.25) is 0 Å². The molecule has 1 aromatic heterocycles. The van der Waals surface area contributed by atoms with E-state index in [1.807, 2.05) is 0 Å². The van der Waals surface area contributed by atoms with Gasteiger partial charge in [-0.25, -0.2) is 13.4 Å². The second kappa shape index (κ2) is 4.76. The molecule has 0 saturated carbocycles. The lowest BCUT2D eigenvalue weighted by Gasteiger charge is -2.13. The molecule has 0 amide bonds. The summed E-state index contributed by atoms with van der Waals surface area (Å²) in [5, 5.41) is 0. The highest BCUT2D eigenvalue weighted by molar-refractivity contribution is 14.1. The second-order valence-electron chi connectivity index (χ2n) is 2.85. The van der Waals surface area contributed by atoms with Crippen molar-refractivity contribution in [2.75, 3.05) is 0 Å². The molecule has 0 saturated heterocycles. The molecule has 1 aromatic rings. The Hall–Kier alpha value is -0.290. The first-order valence-corrected chi connectivity index (χ1v) is 7.26. The summed E-state index contributed by atoms with van der Waals surface area (Å²) in [6, 6.07) is 0. The van der Waals surface area contributed by atoms with E-state index in [9.17, 15) is 21.6 Å². The largest absolute Gasteiger partial charge is 0.573 e. The van der Waals surface area contributed by atoms with E-state index in [0.29, 0.717) is 0 Å². The van der Waals surface area contributed by atoms with E-state index in [-0.39, 0.29) is 9.26 Å². The maximum Gasteiger partial charge on any atom is 0.573 e. The number of nitrogens with zero attached hydrogens (tertiary/aromatic N) is 1. The SMILES string of the molecule is Cc1c(OC(F)(F)F)cnc(I)c1S(=O)(=O)Cl. The summed E-state index contributed by atoms with van der Waals surface area (Å²) < 4.78 is 62.0. The van der Waals surface area contributed by atoms with Crippen LogP contribution in [0, 0.1) is 10.6 Å². The van der Waals surface area contributed by atoms with Crippen LogP contribution < -0.4 is 4.74 Å². The molecule has 4 nitrogen and oxygen atoms in total. The fourth-order valence-corrected chi connectivity index (χ4v) is 4.14. The summed E-state index contributed by atoms with van der Waals surface area (Å²) in [5.74, 6) is -0.697. The molecule has 0 aromatic carbocycles. The minimum atomic E-state index is -4.92. The molecule has 17 heavy (non-hydrogen) atoms. The summed E-state index contributed by atoms with van der Waals surface area (Å²) in [4.78, 5) is 3.00. The van der Waals surface area contributed by atoms with E-state index in [1.165, 1.54) is 0 Å². The molecule has 1 rings (SSSR count). The van der Waals surface area contributed by atoms with Gasteiger partial charge in [-0.15, -0.1) is 13.2 Å². The van der Waals surface area contributed by atoms with Crippen LogP contribution >= 0.6 is 33.3 Å². The topological polar surface area (TPSA) is 56.3 Å². The van der Waals surface area contributed by atoms with Crippen LogP contribution in [0.5, 0.6) is 5.75 Å². The third-order valence-electron chi connectivity index (χ3n) is 1.66. The number of ether oxygens (including phenoxy) is 1. The Kier molecular flexibility index (Phi) is 4.14. The highest BCUT2D eigenvalue weighted by Crippen LogP contribution is 2.32. The average molecular weight is 402 g/mol. The number of halogens is 5. The Morgan fingerprint density at radius 2 is 2.00 bits per heavy atom. The number of hydrogen-bond donors (Lipinski definition) is 0. The molecule has 0 aliphatic rings. The van der Waals surface area contributed by atoms with E-state index < -0.39 is 26.1 Å². The first-order chi connectivity index (χ1) is 7.52. The normalized spacial score (nSPS) is 12.6. The van der Waals surface area contributed by atoms with Crippen molar-refractivity contribution in [3.63, 3.8) is 0 Å². The molecular formula is C7H4ClF3INO3S. The first kappa shape index (κ1) is 14.8. The van der Waals surface area contributed by atoms with Crippen LogP contribution in [0.4, 0.5) is 13.2 Å². The van der Waals surface area contributed by atoms with Crippen molar-refractivity contribution in [3.8, 4) is 5.75 Å². The van der Waals surface area contributed by atoms with Gasteiger partial charge < -0.3 is 4.74 Å². The third kappa shape index (κ3) is 3.85. The lowest BCUT2D eigenvalue weighted by molar-refractivity contribution is -0.275. The van der Waals surface area contributed by atoms with Crippen molar-refractivity contribution < 1.29 is 26.3 Å². The van der Waals surface area contributed by atoms with Crippen LogP contribution in [0.3, 0.4) is 0 Å². The van der Waals surface area contributed by atoms with Crippen molar-refractivity contribution in [2.45, 2.75) is 18.2 Å². The summed E-state index contributed by atoms with van der Waals surface area (Å²) >= 11 is 1.55. The van der Waals surface area contributed by atoms with Crippen LogP contribution in [-0.2, 0) is 9.05 Å². The number of pyridine rings is 1. The molecule has 0 N–H and O–H groups in total. The van der Waals surface area contributed by atoms with Crippen LogP contribution in [-0.4, -0.2) is 19.8 Å². The van der Waals surface area contributed by atoms with Gasteiger partial charge in [0.05, 0.1) is 6.20 Å². The Balaban J connectivity index is 3.40. The average Bonchev–Trinajstić information content (AvgIpc) is 2.06. The maximum absolute atomic E-state index is 12.0. The lowest BCUT2D eigenvalue weighted by Crippen LogP contribution is -2.18. The van der Waals surface area contributed by atoms with Crippen molar-refractivity contribution in [3.05, 3.63) is 15.5 Å². The third-order valence-corrected chi connectivity index (χ3v) is 4.30. The van der Waals surface area contributed by atoms with Crippen molar-refractivity contribution in [2.24, 2.45) is 0 Å². The number of rotatable bonds is 2. The summed E-state index contributed by atoms with van der Waals surface area (Å²) in [6.07, 6.45) is -4.14. The molecule has 0 atom stereocenters. The predicted molar refractivity (Wildman–Crippen MR) is 61.4 cm³/mol. The van der Waals surface area contributed by atoms with Crippen LogP contribution in [0.2, 0.25) is 0 Å². The molecule has 0 aliphatic carbocycles. The quantitative estimate of drug-likeness (QED) is 0.434. The number of hydrogen-bond acceptors (Lipinski definition) is 4. The monoisotopic (exact) mass is 401 g/mol. The minimum Gasteiger partial charge on any atom is -0.404 e. The maximum atomic E-state index is 12.0. The van der Waals surface area contributed by atoms with Gasteiger partial charge in [0.1, 0.15) is 8.60 Å². The van der Waals surface area contributed by atoms with E-state index in [1.54, 1.807) is 22.6 Å². The van der Waals surface area contributed by atoms with Crippen molar-refractivity contribution in [1.29, 1.82) is 0 Å². The smallest absolute Gasteiger partial charge is 0.404 e. The van der Waals surface area contributed by atoms with Crippen molar-refractivity contribution >= 4 is 42.3 Å². The van der Waals surface area contributed by atoms with Gasteiger partial charge in [0.25, 0.3) is 9.05 Å². The van der Waals surface area contributed by atoms with Gasteiger partial charge in [0.15, 0.2) is 5.75 Å². The molecule has 0 bridgehead atoms. The predicted octanol–water partition coefficient (Wildman–Crippen LogP) is 2.82. The molecule has 0 radical (unpaired) electrons. The molecule has 96 valence electrons. The number of aromatic nitrogens is 1. The van der Waals surface area contributed by atoms with E-state index in [2.05, 4.69) is 9.72 Å². The van der Waals surface area contributed by atoms with E-state index in [0.717, 1.165) is 13.1 Å². The minimum absolute atomic E-state index is 0.0235. The van der Waals surface area contributed by atoms with Gasteiger partial charge in [0.2, 0.25) is 0 Å². The van der Waals surface area contributed by atoms with Gasteiger partial charge in [-0.1, -0.05) is 0 Å². The van der Waals surface area contributed by atoms with E-state index in [4.69, 9.17) is 10.7 Å². The van der Waals surface area contributed by atoms with Crippen LogP contribution in [0.1, 0.15) is 5.56 Å². The molecule has 0 spiro atoms.